The van der Waals surface area contributed by atoms with E-state index in [0.29, 0.717) is 6.54 Å². The molecule has 0 radical (unpaired) electrons. The SMILES string of the molecule is CCCNCc1ccc(N(C)CC(=O)NC)cc1. The Kier molecular flexibility index (Phi) is 6.22. The summed E-state index contributed by atoms with van der Waals surface area (Å²) in [4.78, 5) is 13.2. The molecular weight excluding hydrogens is 226 g/mol. The Hall–Kier alpha value is -1.55. The van der Waals surface area contributed by atoms with Crippen LogP contribution in [-0.2, 0) is 11.3 Å². The first-order chi connectivity index (χ1) is 8.67. The topological polar surface area (TPSA) is 44.4 Å². The molecule has 1 amide bonds. The molecule has 0 aliphatic heterocycles. The molecule has 0 aromatic heterocycles. The van der Waals surface area contributed by atoms with Crippen LogP contribution in [0.4, 0.5) is 5.69 Å². The van der Waals surface area contributed by atoms with E-state index in [1.165, 1.54) is 5.56 Å². The smallest absolute Gasteiger partial charge is 0.239 e. The number of hydrogen-bond donors (Lipinski definition) is 2. The fraction of sp³-hybridized carbons (Fsp3) is 0.500. The first kappa shape index (κ1) is 14.5. The van der Waals surface area contributed by atoms with E-state index < -0.39 is 0 Å². The molecule has 0 bridgehead atoms. The maximum Gasteiger partial charge on any atom is 0.239 e. The van der Waals surface area contributed by atoms with Crippen LogP contribution in [0.3, 0.4) is 0 Å². The Balaban J connectivity index is 2.51. The third-order valence-electron chi connectivity index (χ3n) is 2.79. The lowest BCUT2D eigenvalue weighted by molar-refractivity contribution is -0.119. The molecule has 0 saturated heterocycles. The summed E-state index contributed by atoms with van der Waals surface area (Å²) in [5, 5.41) is 5.98. The second-order valence-corrected chi connectivity index (χ2v) is 4.37. The van der Waals surface area contributed by atoms with Gasteiger partial charge in [0.25, 0.3) is 0 Å². The lowest BCUT2D eigenvalue weighted by Crippen LogP contribution is -2.32. The molecule has 0 fully saturated rings. The van der Waals surface area contributed by atoms with Gasteiger partial charge in [0.15, 0.2) is 0 Å². The molecule has 1 aromatic rings. The minimum absolute atomic E-state index is 0.0196. The molecule has 0 aliphatic rings. The lowest BCUT2D eigenvalue weighted by Gasteiger charge is -2.18. The number of nitrogens with one attached hydrogen (secondary N) is 2. The lowest BCUT2D eigenvalue weighted by atomic mass is 10.2. The molecule has 0 spiro atoms. The largest absolute Gasteiger partial charge is 0.365 e. The summed E-state index contributed by atoms with van der Waals surface area (Å²) in [5.74, 6) is 0.0196. The van der Waals surface area contributed by atoms with Crippen molar-refractivity contribution < 1.29 is 4.79 Å². The molecule has 0 atom stereocenters. The van der Waals surface area contributed by atoms with Gasteiger partial charge in [-0.15, -0.1) is 0 Å². The molecule has 1 rings (SSSR count). The molecule has 0 unspecified atom stereocenters. The molecular formula is C14H23N3O. The van der Waals surface area contributed by atoms with E-state index in [1.807, 2.05) is 24.1 Å². The van der Waals surface area contributed by atoms with Gasteiger partial charge in [-0.2, -0.15) is 0 Å². The van der Waals surface area contributed by atoms with E-state index in [4.69, 9.17) is 0 Å². The molecule has 0 aliphatic carbocycles. The van der Waals surface area contributed by atoms with Gasteiger partial charge in [0.05, 0.1) is 6.54 Å². The van der Waals surface area contributed by atoms with E-state index in [-0.39, 0.29) is 5.91 Å². The number of anilines is 1. The standard InChI is InChI=1S/C14H23N3O/c1-4-9-16-10-12-5-7-13(8-6-12)17(3)11-14(18)15-2/h5-8,16H,4,9-11H2,1-3H3,(H,15,18). The van der Waals surface area contributed by atoms with Crippen molar-refractivity contribution in [3.8, 4) is 0 Å². The summed E-state index contributed by atoms with van der Waals surface area (Å²) in [5.41, 5.74) is 2.32. The van der Waals surface area contributed by atoms with E-state index in [2.05, 4.69) is 29.7 Å². The molecule has 1 aromatic carbocycles. The van der Waals surface area contributed by atoms with E-state index in [0.717, 1.165) is 25.2 Å². The van der Waals surface area contributed by atoms with Crippen LogP contribution in [0.5, 0.6) is 0 Å². The predicted molar refractivity (Wildman–Crippen MR) is 75.8 cm³/mol. The molecule has 100 valence electrons. The Morgan fingerprint density at radius 3 is 2.50 bits per heavy atom. The Morgan fingerprint density at radius 1 is 1.28 bits per heavy atom. The van der Waals surface area contributed by atoms with Gasteiger partial charge in [-0.3, -0.25) is 4.79 Å². The zero-order valence-electron chi connectivity index (χ0n) is 11.5. The van der Waals surface area contributed by atoms with Gasteiger partial charge in [0, 0.05) is 26.3 Å². The maximum atomic E-state index is 11.3. The van der Waals surface area contributed by atoms with Gasteiger partial charge < -0.3 is 15.5 Å². The van der Waals surface area contributed by atoms with Crippen molar-refractivity contribution in [3.05, 3.63) is 29.8 Å². The van der Waals surface area contributed by atoms with Crippen molar-refractivity contribution in [2.24, 2.45) is 0 Å². The second-order valence-electron chi connectivity index (χ2n) is 4.37. The molecule has 2 N–H and O–H groups in total. The number of carbonyl (C=O) groups is 1. The number of likely N-dealkylation sites (N-methyl/N-ethyl adjacent to an activating group) is 2. The summed E-state index contributed by atoms with van der Waals surface area (Å²) in [6.45, 7) is 4.47. The molecule has 18 heavy (non-hydrogen) atoms. The summed E-state index contributed by atoms with van der Waals surface area (Å²) in [6.07, 6.45) is 1.15. The van der Waals surface area contributed by atoms with E-state index in [9.17, 15) is 4.79 Å². The van der Waals surface area contributed by atoms with Gasteiger partial charge in [-0.1, -0.05) is 19.1 Å². The summed E-state index contributed by atoms with van der Waals surface area (Å²) in [6, 6.07) is 8.29. The summed E-state index contributed by atoms with van der Waals surface area (Å²) >= 11 is 0. The third-order valence-corrected chi connectivity index (χ3v) is 2.79. The van der Waals surface area contributed by atoms with Gasteiger partial charge in [-0.05, 0) is 30.7 Å². The maximum absolute atomic E-state index is 11.3. The minimum atomic E-state index is 0.0196. The monoisotopic (exact) mass is 249 g/mol. The number of nitrogens with zero attached hydrogens (tertiary/aromatic N) is 1. The fourth-order valence-electron chi connectivity index (χ4n) is 1.66. The zero-order valence-corrected chi connectivity index (χ0v) is 11.5. The van der Waals surface area contributed by atoms with Crippen LogP contribution in [0, 0.1) is 0 Å². The van der Waals surface area contributed by atoms with E-state index in [1.54, 1.807) is 7.05 Å². The van der Waals surface area contributed by atoms with Crippen molar-refractivity contribution >= 4 is 11.6 Å². The van der Waals surface area contributed by atoms with Crippen LogP contribution in [0.15, 0.2) is 24.3 Å². The molecule has 0 heterocycles. The second kappa shape index (κ2) is 7.71. The highest BCUT2D eigenvalue weighted by atomic mass is 16.1. The third kappa shape index (κ3) is 4.75. The first-order valence-corrected chi connectivity index (χ1v) is 6.38. The quantitative estimate of drug-likeness (QED) is 0.717. The van der Waals surface area contributed by atoms with Crippen LogP contribution >= 0.6 is 0 Å². The van der Waals surface area contributed by atoms with Crippen LogP contribution in [0.1, 0.15) is 18.9 Å². The highest BCUT2D eigenvalue weighted by Crippen LogP contribution is 2.13. The normalized spacial score (nSPS) is 10.2. The highest BCUT2D eigenvalue weighted by molar-refractivity contribution is 5.80. The number of amides is 1. The van der Waals surface area contributed by atoms with Gasteiger partial charge in [-0.25, -0.2) is 0 Å². The Morgan fingerprint density at radius 2 is 1.94 bits per heavy atom. The van der Waals surface area contributed by atoms with Gasteiger partial charge in [0.1, 0.15) is 0 Å². The average molecular weight is 249 g/mol. The van der Waals surface area contributed by atoms with E-state index >= 15 is 0 Å². The molecule has 4 heteroatoms. The predicted octanol–water partition coefficient (Wildman–Crippen LogP) is 1.37. The number of benzene rings is 1. The van der Waals surface area contributed by atoms with Crippen LogP contribution in [0.25, 0.3) is 0 Å². The number of rotatable bonds is 7. The highest BCUT2D eigenvalue weighted by Gasteiger charge is 2.05. The van der Waals surface area contributed by atoms with Crippen LogP contribution in [0.2, 0.25) is 0 Å². The minimum Gasteiger partial charge on any atom is -0.365 e. The summed E-state index contributed by atoms with van der Waals surface area (Å²) < 4.78 is 0. The van der Waals surface area contributed by atoms with Crippen molar-refractivity contribution in [1.29, 1.82) is 0 Å². The van der Waals surface area contributed by atoms with Gasteiger partial charge >= 0.3 is 0 Å². The Bertz CT molecular complexity index is 362. The number of carbonyl (C=O) groups excluding carboxylic acids is 1. The molecule has 4 nitrogen and oxygen atoms in total. The van der Waals surface area contributed by atoms with Crippen molar-refractivity contribution in [3.63, 3.8) is 0 Å². The van der Waals surface area contributed by atoms with Crippen molar-refractivity contribution in [1.82, 2.24) is 10.6 Å². The van der Waals surface area contributed by atoms with Gasteiger partial charge in [0.2, 0.25) is 5.91 Å². The van der Waals surface area contributed by atoms with Crippen LogP contribution < -0.4 is 15.5 Å². The van der Waals surface area contributed by atoms with Crippen molar-refractivity contribution in [2.75, 3.05) is 32.1 Å². The number of hydrogen-bond acceptors (Lipinski definition) is 3. The van der Waals surface area contributed by atoms with Crippen molar-refractivity contribution in [2.45, 2.75) is 19.9 Å². The zero-order chi connectivity index (χ0) is 13.4. The Labute approximate surface area is 109 Å². The summed E-state index contributed by atoms with van der Waals surface area (Å²) in [7, 11) is 3.57. The van der Waals surface area contributed by atoms with Crippen LogP contribution in [-0.4, -0.2) is 33.1 Å². The first-order valence-electron chi connectivity index (χ1n) is 6.38. The fourth-order valence-corrected chi connectivity index (χ4v) is 1.66. The average Bonchev–Trinajstić information content (AvgIpc) is 2.39. The molecule has 0 saturated carbocycles.